The van der Waals surface area contributed by atoms with Gasteiger partial charge in [0.25, 0.3) is 0 Å². The average molecular weight is 391 g/mol. The highest BCUT2D eigenvalue weighted by molar-refractivity contribution is 7.98. The van der Waals surface area contributed by atoms with Crippen molar-refractivity contribution in [2.75, 3.05) is 13.7 Å². The van der Waals surface area contributed by atoms with Crippen LogP contribution in [0.5, 0.6) is 11.5 Å². The summed E-state index contributed by atoms with van der Waals surface area (Å²) < 4.78 is 12.7. The number of rotatable bonds is 7. The van der Waals surface area contributed by atoms with E-state index in [0.717, 1.165) is 39.1 Å². The van der Waals surface area contributed by atoms with Crippen molar-refractivity contribution < 1.29 is 9.47 Å². The predicted molar refractivity (Wildman–Crippen MR) is 112 cm³/mol. The zero-order valence-corrected chi connectivity index (χ0v) is 16.6. The molecule has 0 saturated heterocycles. The summed E-state index contributed by atoms with van der Waals surface area (Å²) in [4.78, 5) is 4.56. The van der Waals surface area contributed by atoms with Gasteiger partial charge in [-0.15, -0.1) is 0 Å². The van der Waals surface area contributed by atoms with Crippen LogP contribution in [0.1, 0.15) is 12.5 Å². The first-order valence-electron chi connectivity index (χ1n) is 9.10. The van der Waals surface area contributed by atoms with Crippen molar-refractivity contribution in [3.63, 3.8) is 0 Å². The van der Waals surface area contributed by atoms with Gasteiger partial charge in [0.15, 0.2) is 0 Å². The summed E-state index contributed by atoms with van der Waals surface area (Å²) >= 11 is 1.69. The molecule has 0 aliphatic carbocycles. The molecule has 2 heterocycles. The van der Waals surface area contributed by atoms with Crippen LogP contribution in [0.15, 0.2) is 72.0 Å². The standard InChI is InChI=1S/C22H21N3O2S/c1-3-27-18-9-7-17(8-10-18)20-14-21-22(23-11-12-25(21)24-20)28-15-16-5-4-6-19(13-16)26-2/h4-14H,3,15H2,1-2H3. The first-order valence-corrected chi connectivity index (χ1v) is 10.1. The molecule has 0 atom stereocenters. The highest BCUT2D eigenvalue weighted by Gasteiger charge is 2.10. The summed E-state index contributed by atoms with van der Waals surface area (Å²) in [6, 6.07) is 18.2. The van der Waals surface area contributed by atoms with Gasteiger partial charge in [0.05, 0.1) is 24.9 Å². The Morgan fingerprint density at radius 1 is 1.04 bits per heavy atom. The van der Waals surface area contributed by atoms with Crippen LogP contribution < -0.4 is 9.47 Å². The SMILES string of the molecule is CCOc1ccc(-c2cc3c(SCc4cccc(OC)c4)nccn3n2)cc1. The summed E-state index contributed by atoms with van der Waals surface area (Å²) in [6.45, 7) is 2.64. The summed E-state index contributed by atoms with van der Waals surface area (Å²) in [6.07, 6.45) is 3.67. The van der Waals surface area contributed by atoms with E-state index in [9.17, 15) is 0 Å². The summed E-state index contributed by atoms with van der Waals surface area (Å²) in [5, 5.41) is 5.66. The number of hydrogen-bond donors (Lipinski definition) is 0. The van der Waals surface area contributed by atoms with Crippen LogP contribution in [0.4, 0.5) is 0 Å². The fraction of sp³-hybridized carbons (Fsp3) is 0.182. The lowest BCUT2D eigenvalue weighted by atomic mass is 10.1. The van der Waals surface area contributed by atoms with Gasteiger partial charge in [-0.05, 0) is 55.0 Å². The number of methoxy groups -OCH3 is 1. The van der Waals surface area contributed by atoms with Crippen molar-refractivity contribution in [1.82, 2.24) is 14.6 Å². The molecule has 0 saturated carbocycles. The molecule has 28 heavy (non-hydrogen) atoms. The molecule has 0 N–H and O–H groups in total. The van der Waals surface area contributed by atoms with E-state index in [1.807, 2.05) is 54.0 Å². The fourth-order valence-corrected chi connectivity index (χ4v) is 3.87. The van der Waals surface area contributed by atoms with Crippen LogP contribution in [0.2, 0.25) is 0 Å². The van der Waals surface area contributed by atoms with Gasteiger partial charge in [-0.25, -0.2) is 9.50 Å². The van der Waals surface area contributed by atoms with Crippen LogP contribution in [0, 0.1) is 0 Å². The average Bonchev–Trinajstić information content (AvgIpc) is 3.18. The molecule has 0 spiro atoms. The van der Waals surface area contributed by atoms with Crippen molar-refractivity contribution >= 4 is 17.3 Å². The number of aromatic nitrogens is 3. The van der Waals surface area contributed by atoms with E-state index < -0.39 is 0 Å². The van der Waals surface area contributed by atoms with Crippen molar-refractivity contribution in [1.29, 1.82) is 0 Å². The molecule has 0 fully saturated rings. The second-order valence-electron chi connectivity index (χ2n) is 6.19. The number of nitrogens with zero attached hydrogens (tertiary/aromatic N) is 3. The third-order valence-electron chi connectivity index (χ3n) is 4.33. The summed E-state index contributed by atoms with van der Waals surface area (Å²) in [5.74, 6) is 2.55. The minimum atomic E-state index is 0.660. The summed E-state index contributed by atoms with van der Waals surface area (Å²) in [7, 11) is 1.68. The second kappa shape index (κ2) is 8.35. The van der Waals surface area contributed by atoms with Gasteiger partial charge in [0.2, 0.25) is 0 Å². The molecule has 6 heteroatoms. The lowest BCUT2D eigenvalue weighted by molar-refractivity contribution is 0.340. The quantitative estimate of drug-likeness (QED) is 0.410. The lowest BCUT2D eigenvalue weighted by Crippen LogP contribution is -1.92. The molecule has 0 amide bonds. The number of fused-ring (bicyclic) bond motifs is 1. The zero-order chi connectivity index (χ0) is 19.3. The highest BCUT2D eigenvalue weighted by atomic mass is 32.2. The van der Waals surface area contributed by atoms with Gasteiger partial charge in [-0.2, -0.15) is 5.10 Å². The highest BCUT2D eigenvalue weighted by Crippen LogP contribution is 2.29. The van der Waals surface area contributed by atoms with Gasteiger partial charge in [-0.1, -0.05) is 23.9 Å². The Balaban J connectivity index is 1.58. The van der Waals surface area contributed by atoms with Crippen LogP contribution in [-0.4, -0.2) is 28.3 Å². The smallest absolute Gasteiger partial charge is 0.122 e. The van der Waals surface area contributed by atoms with E-state index in [4.69, 9.17) is 14.6 Å². The Bertz CT molecular complexity index is 1080. The molecule has 4 aromatic rings. The zero-order valence-electron chi connectivity index (χ0n) is 15.8. The largest absolute Gasteiger partial charge is 0.497 e. The van der Waals surface area contributed by atoms with E-state index in [0.29, 0.717) is 6.61 Å². The van der Waals surface area contributed by atoms with E-state index in [-0.39, 0.29) is 0 Å². The molecular formula is C22H21N3O2S. The maximum absolute atomic E-state index is 5.52. The summed E-state index contributed by atoms with van der Waals surface area (Å²) in [5.41, 5.74) is 4.16. The monoisotopic (exact) mass is 391 g/mol. The van der Waals surface area contributed by atoms with Gasteiger partial charge in [-0.3, -0.25) is 0 Å². The van der Waals surface area contributed by atoms with Crippen molar-refractivity contribution in [2.24, 2.45) is 0 Å². The van der Waals surface area contributed by atoms with Crippen molar-refractivity contribution in [3.05, 3.63) is 72.6 Å². The molecule has 142 valence electrons. The van der Waals surface area contributed by atoms with Gasteiger partial charge < -0.3 is 9.47 Å². The minimum absolute atomic E-state index is 0.660. The third kappa shape index (κ3) is 3.97. The fourth-order valence-electron chi connectivity index (χ4n) is 2.95. The van der Waals surface area contributed by atoms with Crippen LogP contribution in [0.25, 0.3) is 16.8 Å². The number of hydrogen-bond acceptors (Lipinski definition) is 5. The lowest BCUT2D eigenvalue weighted by Gasteiger charge is -2.05. The van der Waals surface area contributed by atoms with E-state index >= 15 is 0 Å². The first-order chi connectivity index (χ1) is 13.8. The van der Waals surface area contributed by atoms with Crippen LogP contribution in [0.3, 0.4) is 0 Å². The molecule has 0 aliphatic heterocycles. The topological polar surface area (TPSA) is 48.7 Å². The number of benzene rings is 2. The van der Waals surface area contributed by atoms with Crippen molar-refractivity contribution in [2.45, 2.75) is 17.7 Å². The maximum Gasteiger partial charge on any atom is 0.122 e. The third-order valence-corrected chi connectivity index (χ3v) is 5.39. The first kappa shape index (κ1) is 18.4. The Labute approximate surface area is 168 Å². The van der Waals surface area contributed by atoms with Gasteiger partial charge in [0.1, 0.15) is 16.5 Å². The predicted octanol–water partition coefficient (Wildman–Crippen LogP) is 5.10. The van der Waals surface area contributed by atoms with Gasteiger partial charge >= 0.3 is 0 Å². The number of ether oxygens (including phenoxy) is 2. The molecule has 2 aromatic carbocycles. The Morgan fingerprint density at radius 2 is 1.89 bits per heavy atom. The number of thioether (sulfide) groups is 1. The Kier molecular flexibility index (Phi) is 5.48. The molecule has 0 radical (unpaired) electrons. The minimum Gasteiger partial charge on any atom is -0.497 e. The van der Waals surface area contributed by atoms with E-state index in [1.165, 1.54) is 5.56 Å². The second-order valence-corrected chi connectivity index (χ2v) is 7.15. The maximum atomic E-state index is 5.52. The molecule has 0 bridgehead atoms. The van der Waals surface area contributed by atoms with E-state index in [1.54, 1.807) is 25.1 Å². The molecular weight excluding hydrogens is 370 g/mol. The Morgan fingerprint density at radius 3 is 2.68 bits per heavy atom. The van der Waals surface area contributed by atoms with Crippen LogP contribution >= 0.6 is 11.8 Å². The van der Waals surface area contributed by atoms with E-state index in [2.05, 4.69) is 23.2 Å². The van der Waals surface area contributed by atoms with Crippen LogP contribution in [-0.2, 0) is 5.75 Å². The molecule has 4 rings (SSSR count). The Hall–Kier alpha value is -2.99. The molecule has 0 aliphatic rings. The van der Waals surface area contributed by atoms with Gasteiger partial charge in [0, 0.05) is 23.7 Å². The van der Waals surface area contributed by atoms with Crippen molar-refractivity contribution in [3.8, 4) is 22.8 Å². The molecule has 2 aromatic heterocycles. The normalized spacial score (nSPS) is 10.9. The molecule has 0 unspecified atom stereocenters. The molecule has 5 nitrogen and oxygen atoms in total.